The van der Waals surface area contributed by atoms with E-state index in [0.717, 1.165) is 11.3 Å². The number of benzene rings is 1. The number of nitrogens with one attached hydrogen (secondary N) is 1. The average molecular weight is 314 g/mol. The Morgan fingerprint density at radius 2 is 1.94 bits per heavy atom. The summed E-state index contributed by atoms with van der Waals surface area (Å²) in [7, 11) is 0. The standard InChI is InChI=1S/C14H20BrNO2/c1-9(2)18-13-7-5-6-12(8-13)11(4)16-14(17)10(3)15/h5-11H,1-4H3,(H,16,17). The first-order valence-corrected chi connectivity index (χ1v) is 7.02. The van der Waals surface area contributed by atoms with E-state index in [1.54, 1.807) is 6.92 Å². The van der Waals surface area contributed by atoms with Gasteiger partial charge in [-0.2, -0.15) is 0 Å². The molecule has 100 valence electrons. The van der Waals surface area contributed by atoms with Crippen molar-refractivity contribution in [3.05, 3.63) is 29.8 Å². The molecule has 0 fully saturated rings. The molecule has 0 aliphatic rings. The molecular formula is C14H20BrNO2. The quantitative estimate of drug-likeness (QED) is 0.846. The summed E-state index contributed by atoms with van der Waals surface area (Å²) in [4.78, 5) is 11.4. The van der Waals surface area contributed by atoms with Crippen molar-refractivity contribution in [1.82, 2.24) is 5.32 Å². The molecule has 1 rings (SSSR count). The van der Waals surface area contributed by atoms with Gasteiger partial charge in [0.15, 0.2) is 0 Å². The SMILES string of the molecule is CC(C)Oc1cccc(C(C)NC(=O)C(C)Br)c1. The number of ether oxygens (including phenoxy) is 1. The van der Waals surface area contributed by atoms with Gasteiger partial charge in [0.1, 0.15) is 5.75 Å². The molecule has 2 unspecified atom stereocenters. The van der Waals surface area contributed by atoms with Gasteiger partial charge in [0.2, 0.25) is 5.91 Å². The van der Waals surface area contributed by atoms with Crippen LogP contribution in [0.4, 0.5) is 0 Å². The Hall–Kier alpha value is -1.03. The van der Waals surface area contributed by atoms with Crippen LogP contribution in [0.3, 0.4) is 0 Å². The lowest BCUT2D eigenvalue weighted by Gasteiger charge is -2.17. The second-order valence-corrected chi connectivity index (χ2v) is 5.96. The van der Waals surface area contributed by atoms with Crippen molar-refractivity contribution in [1.29, 1.82) is 0 Å². The largest absolute Gasteiger partial charge is 0.491 e. The van der Waals surface area contributed by atoms with Crippen LogP contribution in [0, 0.1) is 0 Å². The molecule has 0 saturated carbocycles. The van der Waals surface area contributed by atoms with E-state index in [1.165, 1.54) is 0 Å². The minimum absolute atomic E-state index is 0.0160. The third-order valence-corrected chi connectivity index (χ3v) is 2.87. The van der Waals surface area contributed by atoms with Gasteiger partial charge in [-0.3, -0.25) is 4.79 Å². The highest BCUT2D eigenvalue weighted by Crippen LogP contribution is 2.20. The minimum atomic E-state index is -0.185. The molecule has 0 spiro atoms. The van der Waals surface area contributed by atoms with E-state index >= 15 is 0 Å². The zero-order valence-electron chi connectivity index (χ0n) is 11.2. The predicted octanol–water partition coefficient (Wildman–Crippen LogP) is 3.43. The van der Waals surface area contributed by atoms with Crippen LogP contribution in [-0.4, -0.2) is 16.8 Å². The second-order valence-electron chi connectivity index (χ2n) is 4.59. The maximum absolute atomic E-state index is 11.6. The number of rotatable bonds is 5. The Balaban J connectivity index is 2.73. The van der Waals surface area contributed by atoms with Gasteiger partial charge in [0.05, 0.1) is 17.0 Å². The molecule has 0 aromatic heterocycles. The molecule has 2 atom stereocenters. The first-order valence-electron chi connectivity index (χ1n) is 6.11. The molecule has 1 amide bonds. The summed E-state index contributed by atoms with van der Waals surface area (Å²) < 4.78 is 5.64. The number of halogens is 1. The van der Waals surface area contributed by atoms with Crippen molar-refractivity contribution < 1.29 is 9.53 Å². The van der Waals surface area contributed by atoms with Crippen molar-refractivity contribution in [2.45, 2.75) is 44.7 Å². The van der Waals surface area contributed by atoms with Crippen molar-refractivity contribution in [2.24, 2.45) is 0 Å². The molecule has 0 heterocycles. The highest BCUT2D eigenvalue weighted by atomic mass is 79.9. The van der Waals surface area contributed by atoms with Gasteiger partial charge in [-0.25, -0.2) is 0 Å². The summed E-state index contributed by atoms with van der Waals surface area (Å²) in [5.74, 6) is 0.813. The Bertz CT molecular complexity index is 405. The molecule has 18 heavy (non-hydrogen) atoms. The summed E-state index contributed by atoms with van der Waals surface area (Å²) in [6.45, 7) is 7.75. The predicted molar refractivity (Wildman–Crippen MR) is 77.2 cm³/mol. The first-order chi connectivity index (χ1) is 8.40. The molecular weight excluding hydrogens is 294 g/mol. The number of carbonyl (C=O) groups excluding carboxylic acids is 1. The topological polar surface area (TPSA) is 38.3 Å². The van der Waals surface area contributed by atoms with Crippen LogP contribution >= 0.6 is 15.9 Å². The minimum Gasteiger partial charge on any atom is -0.491 e. The van der Waals surface area contributed by atoms with Crippen molar-refractivity contribution in [3.8, 4) is 5.75 Å². The smallest absolute Gasteiger partial charge is 0.233 e. The van der Waals surface area contributed by atoms with E-state index in [-0.39, 0.29) is 22.9 Å². The molecule has 1 aromatic carbocycles. The third kappa shape index (κ3) is 4.69. The maximum Gasteiger partial charge on any atom is 0.233 e. The zero-order chi connectivity index (χ0) is 13.7. The Morgan fingerprint density at radius 1 is 1.28 bits per heavy atom. The fourth-order valence-corrected chi connectivity index (χ4v) is 1.67. The molecule has 0 aliphatic carbocycles. The van der Waals surface area contributed by atoms with E-state index in [2.05, 4.69) is 21.2 Å². The summed E-state index contributed by atoms with van der Waals surface area (Å²) in [6, 6.07) is 7.77. The normalized spacial score (nSPS) is 14.1. The fraction of sp³-hybridized carbons (Fsp3) is 0.500. The van der Waals surface area contributed by atoms with Crippen molar-refractivity contribution >= 4 is 21.8 Å². The summed E-state index contributed by atoms with van der Waals surface area (Å²) >= 11 is 3.25. The lowest BCUT2D eigenvalue weighted by molar-refractivity contribution is -0.120. The van der Waals surface area contributed by atoms with Gasteiger partial charge in [-0.05, 0) is 45.4 Å². The van der Waals surface area contributed by atoms with Gasteiger partial charge in [-0.1, -0.05) is 28.1 Å². The zero-order valence-corrected chi connectivity index (χ0v) is 12.8. The summed E-state index contributed by atoms with van der Waals surface area (Å²) in [5, 5.41) is 2.93. The number of hydrogen-bond donors (Lipinski definition) is 1. The summed E-state index contributed by atoms with van der Waals surface area (Å²) in [5.41, 5.74) is 1.04. The van der Waals surface area contributed by atoms with Crippen LogP contribution in [0.5, 0.6) is 5.75 Å². The van der Waals surface area contributed by atoms with E-state index < -0.39 is 0 Å². The first kappa shape index (κ1) is 15.0. The van der Waals surface area contributed by atoms with E-state index in [9.17, 15) is 4.79 Å². The van der Waals surface area contributed by atoms with Crippen LogP contribution in [0.1, 0.15) is 39.3 Å². The van der Waals surface area contributed by atoms with Gasteiger partial charge in [0.25, 0.3) is 0 Å². The second kappa shape index (κ2) is 6.78. The molecule has 1 aromatic rings. The molecule has 0 aliphatic heterocycles. The van der Waals surface area contributed by atoms with Crippen LogP contribution < -0.4 is 10.1 Å². The van der Waals surface area contributed by atoms with Crippen LogP contribution in [-0.2, 0) is 4.79 Å². The van der Waals surface area contributed by atoms with Crippen molar-refractivity contribution in [2.75, 3.05) is 0 Å². The molecule has 3 nitrogen and oxygen atoms in total. The number of hydrogen-bond acceptors (Lipinski definition) is 2. The van der Waals surface area contributed by atoms with E-state index in [1.807, 2.05) is 45.0 Å². The van der Waals surface area contributed by atoms with Gasteiger partial charge >= 0.3 is 0 Å². The van der Waals surface area contributed by atoms with Crippen LogP contribution in [0.2, 0.25) is 0 Å². The molecule has 4 heteroatoms. The number of carbonyl (C=O) groups is 1. The molecule has 0 saturated heterocycles. The summed E-state index contributed by atoms with van der Waals surface area (Å²) in [6.07, 6.45) is 0.146. The molecule has 1 N–H and O–H groups in total. The Morgan fingerprint density at radius 3 is 2.50 bits per heavy atom. The van der Waals surface area contributed by atoms with Gasteiger partial charge < -0.3 is 10.1 Å². The van der Waals surface area contributed by atoms with Gasteiger partial charge in [-0.15, -0.1) is 0 Å². The number of amides is 1. The molecule has 0 bridgehead atoms. The third-order valence-electron chi connectivity index (χ3n) is 2.45. The fourth-order valence-electron chi connectivity index (χ4n) is 1.54. The monoisotopic (exact) mass is 313 g/mol. The van der Waals surface area contributed by atoms with Crippen LogP contribution in [0.25, 0.3) is 0 Å². The van der Waals surface area contributed by atoms with Crippen LogP contribution in [0.15, 0.2) is 24.3 Å². The van der Waals surface area contributed by atoms with Gasteiger partial charge in [0, 0.05) is 0 Å². The highest BCUT2D eigenvalue weighted by Gasteiger charge is 2.13. The maximum atomic E-state index is 11.6. The van der Waals surface area contributed by atoms with E-state index in [0.29, 0.717) is 0 Å². The van der Waals surface area contributed by atoms with E-state index in [4.69, 9.17) is 4.74 Å². The highest BCUT2D eigenvalue weighted by molar-refractivity contribution is 9.10. The Labute approximate surface area is 117 Å². The number of alkyl halides is 1. The average Bonchev–Trinajstić information content (AvgIpc) is 2.28. The lowest BCUT2D eigenvalue weighted by Crippen LogP contribution is -2.31. The lowest BCUT2D eigenvalue weighted by atomic mass is 10.1. The Kier molecular flexibility index (Phi) is 5.66. The molecule has 0 radical (unpaired) electrons. The van der Waals surface area contributed by atoms with Crippen molar-refractivity contribution in [3.63, 3.8) is 0 Å².